The van der Waals surface area contributed by atoms with Crippen LogP contribution in [0.25, 0.3) is 0 Å². The standard InChI is InChI=1S/C13H23NO/c1-14-12(11-6-3-4-7-11)10-13(15-2)8-5-9-13/h6,12,14H,3-5,7-10H2,1-2H3. The molecule has 0 bridgehead atoms. The molecule has 1 saturated carbocycles. The van der Waals surface area contributed by atoms with E-state index in [0.717, 1.165) is 6.42 Å². The molecule has 0 saturated heterocycles. The molecule has 2 aliphatic rings. The highest BCUT2D eigenvalue weighted by molar-refractivity contribution is 5.16. The fourth-order valence-electron chi connectivity index (χ4n) is 2.87. The van der Waals surface area contributed by atoms with Crippen molar-refractivity contribution in [2.45, 2.75) is 56.6 Å². The fraction of sp³-hybridized carbons (Fsp3) is 0.846. The van der Waals surface area contributed by atoms with E-state index in [-0.39, 0.29) is 5.60 Å². The summed E-state index contributed by atoms with van der Waals surface area (Å²) >= 11 is 0. The molecule has 0 aromatic rings. The van der Waals surface area contributed by atoms with Gasteiger partial charge in [0.15, 0.2) is 0 Å². The van der Waals surface area contributed by atoms with Gasteiger partial charge < -0.3 is 10.1 Å². The predicted octanol–water partition coefficient (Wildman–Crippen LogP) is 2.64. The van der Waals surface area contributed by atoms with Gasteiger partial charge in [-0.3, -0.25) is 0 Å². The van der Waals surface area contributed by atoms with E-state index in [4.69, 9.17) is 4.74 Å². The van der Waals surface area contributed by atoms with Crippen LogP contribution >= 0.6 is 0 Å². The summed E-state index contributed by atoms with van der Waals surface area (Å²) in [6, 6.07) is 0.549. The van der Waals surface area contributed by atoms with Crippen molar-refractivity contribution in [3.63, 3.8) is 0 Å². The zero-order chi connectivity index (χ0) is 10.7. The van der Waals surface area contributed by atoms with Crippen LogP contribution in [-0.4, -0.2) is 25.8 Å². The summed E-state index contributed by atoms with van der Waals surface area (Å²) < 4.78 is 5.70. The normalized spacial score (nSPS) is 25.9. The molecule has 0 spiro atoms. The third-order valence-electron chi connectivity index (χ3n) is 4.15. The van der Waals surface area contributed by atoms with Crippen molar-refractivity contribution in [2.24, 2.45) is 0 Å². The smallest absolute Gasteiger partial charge is 0.0696 e. The van der Waals surface area contributed by atoms with Gasteiger partial charge in [-0.2, -0.15) is 0 Å². The van der Waals surface area contributed by atoms with E-state index in [1.54, 1.807) is 5.57 Å². The van der Waals surface area contributed by atoms with Crippen LogP contribution in [0.5, 0.6) is 0 Å². The van der Waals surface area contributed by atoms with E-state index in [9.17, 15) is 0 Å². The lowest BCUT2D eigenvalue weighted by molar-refractivity contribution is -0.0811. The first-order chi connectivity index (χ1) is 7.29. The highest BCUT2D eigenvalue weighted by atomic mass is 16.5. The van der Waals surface area contributed by atoms with Gasteiger partial charge >= 0.3 is 0 Å². The number of hydrogen-bond donors (Lipinski definition) is 1. The maximum atomic E-state index is 5.70. The average molecular weight is 209 g/mol. The molecular formula is C13H23NO. The first kappa shape index (κ1) is 11.2. The van der Waals surface area contributed by atoms with E-state index in [2.05, 4.69) is 18.4 Å². The Morgan fingerprint density at radius 1 is 1.47 bits per heavy atom. The lowest BCUT2D eigenvalue weighted by atomic mass is 9.74. The molecule has 2 aliphatic carbocycles. The van der Waals surface area contributed by atoms with Crippen molar-refractivity contribution in [2.75, 3.05) is 14.2 Å². The second-order valence-electron chi connectivity index (χ2n) is 4.96. The molecule has 0 aromatic carbocycles. The number of allylic oxidation sites excluding steroid dienone is 1. The number of ether oxygens (including phenoxy) is 1. The zero-order valence-corrected chi connectivity index (χ0v) is 10.0. The van der Waals surface area contributed by atoms with Crippen molar-refractivity contribution < 1.29 is 4.74 Å². The lowest BCUT2D eigenvalue weighted by Gasteiger charge is -2.43. The summed E-state index contributed by atoms with van der Waals surface area (Å²) in [5.74, 6) is 0. The molecule has 0 heterocycles. The van der Waals surface area contributed by atoms with E-state index in [1.807, 2.05) is 7.11 Å². The van der Waals surface area contributed by atoms with Gasteiger partial charge in [0, 0.05) is 13.2 Å². The lowest BCUT2D eigenvalue weighted by Crippen LogP contribution is -2.45. The maximum Gasteiger partial charge on any atom is 0.0696 e. The second kappa shape index (κ2) is 4.67. The van der Waals surface area contributed by atoms with Crippen LogP contribution < -0.4 is 5.32 Å². The van der Waals surface area contributed by atoms with Gasteiger partial charge in [0.25, 0.3) is 0 Å². The molecule has 2 rings (SSSR count). The van der Waals surface area contributed by atoms with E-state index >= 15 is 0 Å². The van der Waals surface area contributed by atoms with Crippen LogP contribution in [0.2, 0.25) is 0 Å². The SMILES string of the molecule is CNC(CC1(OC)CCC1)C1=CCCC1. The number of nitrogens with one attached hydrogen (secondary N) is 1. The van der Waals surface area contributed by atoms with Gasteiger partial charge in [0.1, 0.15) is 0 Å². The van der Waals surface area contributed by atoms with E-state index in [0.29, 0.717) is 6.04 Å². The van der Waals surface area contributed by atoms with Crippen LogP contribution in [0.4, 0.5) is 0 Å². The van der Waals surface area contributed by atoms with Crippen LogP contribution in [-0.2, 0) is 4.74 Å². The maximum absolute atomic E-state index is 5.70. The Balaban J connectivity index is 1.95. The summed E-state index contributed by atoms with van der Waals surface area (Å²) in [7, 11) is 3.95. The summed E-state index contributed by atoms with van der Waals surface area (Å²) in [6.45, 7) is 0. The number of rotatable bonds is 5. The summed E-state index contributed by atoms with van der Waals surface area (Å²) in [4.78, 5) is 0. The number of hydrogen-bond acceptors (Lipinski definition) is 2. The van der Waals surface area contributed by atoms with Gasteiger partial charge in [-0.1, -0.05) is 11.6 Å². The monoisotopic (exact) mass is 209 g/mol. The molecule has 1 atom stereocenters. The number of likely N-dealkylation sites (N-methyl/N-ethyl adjacent to an activating group) is 1. The average Bonchev–Trinajstić information content (AvgIpc) is 2.71. The van der Waals surface area contributed by atoms with Crippen LogP contribution in [0, 0.1) is 0 Å². The topological polar surface area (TPSA) is 21.3 Å². The minimum Gasteiger partial charge on any atom is -0.378 e. The molecule has 15 heavy (non-hydrogen) atoms. The Morgan fingerprint density at radius 2 is 2.27 bits per heavy atom. The van der Waals surface area contributed by atoms with Gasteiger partial charge in [0.2, 0.25) is 0 Å². The van der Waals surface area contributed by atoms with Gasteiger partial charge in [-0.15, -0.1) is 0 Å². The summed E-state index contributed by atoms with van der Waals surface area (Å²) in [5, 5.41) is 3.45. The zero-order valence-electron chi connectivity index (χ0n) is 10.0. The van der Waals surface area contributed by atoms with E-state index < -0.39 is 0 Å². The number of methoxy groups -OCH3 is 1. The van der Waals surface area contributed by atoms with E-state index in [1.165, 1.54) is 38.5 Å². The molecule has 0 aromatic heterocycles. The molecule has 1 N–H and O–H groups in total. The predicted molar refractivity (Wildman–Crippen MR) is 63.0 cm³/mol. The first-order valence-corrected chi connectivity index (χ1v) is 6.21. The molecule has 1 fully saturated rings. The third-order valence-corrected chi connectivity index (χ3v) is 4.15. The van der Waals surface area contributed by atoms with Crippen molar-refractivity contribution in [3.05, 3.63) is 11.6 Å². The Hall–Kier alpha value is -0.340. The molecule has 0 amide bonds. The quantitative estimate of drug-likeness (QED) is 0.703. The first-order valence-electron chi connectivity index (χ1n) is 6.21. The largest absolute Gasteiger partial charge is 0.378 e. The molecule has 0 radical (unpaired) electrons. The van der Waals surface area contributed by atoms with Crippen molar-refractivity contribution >= 4 is 0 Å². The molecule has 0 aliphatic heterocycles. The van der Waals surface area contributed by atoms with Crippen LogP contribution in [0.15, 0.2) is 11.6 Å². The Morgan fingerprint density at radius 3 is 2.67 bits per heavy atom. The molecule has 86 valence electrons. The molecule has 2 nitrogen and oxygen atoms in total. The Kier molecular flexibility index (Phi) is 3.47. The summed E-state index contributed by atoms with van der Waals surface area (Å²) in [6.07, 6.45) is 11.3. The van der Waals surface area contributed by atoms with Crippen LogP contribution in [0.1, 0.15) is 44.9 Å². The van der Waals surface area contributed by atoms with Gasteiger partial charge in [-0.05, 0) is 52.0 Å². The highest BCUT2D eigenvalue weighted by Gasteiger charge is 2.39. The third kappa shape index (κ3) is 2.26. The summed E-state index contributed by atoms with van der Waals surface area (Å²) in [5.41, 5.74) is 1.80. The van der Waals surface area contributed by atoms with Crippen molar-refractivity contribution in [3.8, 4) is 0 Å². The van der Waals surface area contributed by atoms with Crippen molar-refractivity contribution in [1.29, 1.82) is 0 Å². The van der Waals surface area contributed by atoms with Crippen LogP contribution in [0.3, 0.4) is 0 Å². The minimum atomic E-state index is 0.192. The molecule has 1 unspecified atom stereocenters. The Bertz CT molecular complexity index is 237. The van der Waals surface area contributed by atoms with Gasteiger partial charge in [-0.25, -0.2) is 0 Å². The second-order valence-corrected chi connectivity index (χ2v) is 4.96. The van der Waals surface area contributed by atoms with Crippen molar-refractivity contribution in [1.82, 2.24) is 5.32 Å². The minimum absolute atomic E-state index is 0.192. The molecule has 2 heteroatoms. The Labute approximate surface area is 93.1 Å². The fourth-order valence-corrected chi connectivity index (χ4v) is 2.87. The van der Waals surface area contributed by atoms with Gasteiger partial charge in [0.05, 0.1) is 5.60 Å². The highest BCUT2D eigenvalue weighted by Crippen LogP contribution is 2.40. The molecular weight excluding hydrogens is 186 g/mol.